The molecule has 0 aromatic heterocycles. The van der Waals surface area contributed by atoms with Crippen LogP contribution in [0.25, 0.3) is 0 Å². The van der Waals surface area contributed by atoms with Gasteiger partial charge in [0.25, 0.3) is 10.1 Å². The fourth-order valence-corrected chi connectivity index (χ4v) is 9.50. The Morgan fingerprint density at radius 2 is 1.71 bits per heavy atom. The van der Waals surface area contributed by atoms with E-state index in [0.717, 1.165) is 51.4 Å². The van der Waals surface area contributed by atoms with Crippen LogP contribution >= 0.6 is 0 Å². The van der Waals surface area contributed by atoms with Gasteiger partial charge in [-0.25, -0.2) is 0 Å². The highest BCUT2D eigenvalue weighted by atomic mass is 32.2. The van der Waals surface area contributed by atoms with E-state index in [4.69, 9.17) is 4.55 Å². The summed E-state index contributed by atoms with van der Waals surface area (Å²) in [6.07, 6.45) is 8.87. The first kappa shape index (κ1) is 26.4. The van der Waals surface area contributed by atoms with Gasteiger partial charge in [0.15, 0.2) is 0 Å². The molecule has 7 nitrogen and oxygen atoms in total. The van der Waals surface area contributed by atoms with Crippen LogP contribution in [0.4, 0.5) is 0 Å². The topological polar surface area (TPSA) is 124 Å². The number of hydrogen-bond donors (Lipinski definition) is 4. The van der Waals surface area contributed by atoms with E-state index in [9.17, 15) is 23.4 Å². The molecule has 0 saturated heterocycles. The molecular weight excluding hydrogens is 454 g/mol. The molecule has 4 N–H and O–H groups in total. The number of amides is 1. The zero-order chi connectivity index (χ0) is 24.9. The van der Waals surface area contributed by atoms with Crippen molar-refractivity contribution in [3.63, 3.8) is 0 Å². The first-order valence-corrected chi connectivity index (χ1v) is 15.0. The Morgan fingerprint density at radius 1 is 1.03 bits per heavy atom. The van der Waals surface area contributed by atoms with E-state index >= 15 is 0 Å². The molecule has 1 amide bonds. The first-order valence-electron chi connectivity index (χ1n) is 13.4. The lowest BCUT2D eigenvalue weighted by molar-refractivity contribution is -0.174. The van der Waals surface area contributed by atoms with Crippen molar-refractivity contribution < 1.29 is 28.0 Å². The maximum Gasteiger partial charge on any atom is 0.266 e. The van der Waals surface area contributed by atoms with Crippen molar-refractivity contribution >= 4 is 16.0 Å². The molecule has 4 aliphatic rings. The summed E-state index contributed by atoms with van der Waals surface area (Å²) in [7, 11) is -4.06. The van der Waals surface area contributed by atoms with E-state index in [1.165, 1.54) is 6.42 Å². The lowest BCUT2D eigenvalue weighted by Crippen LogP contribution is -2.58. The van der Waals surface area contributed by atoms with Crippen LogP contribution in [0.5, 0.6) is 0 Å². The standard InChI is InChI=1S/C26H45NO6S/c1-16(4-7-23(30)27-12-13-34(31,32)33)19-5-6-20-24-21(9-11-26(19,20)3)25(2)10-8-18(28)14-17(25)15-22(24)29/h16-22,24,28-29H,4-15H2,1-3H3,(H,27,30)(H,31,32,33)/t16-,17-,18+,19+,20-,21-,22-,24-,25+,26-/m1/s1. The summed E-state index contributed by atoms with van der Waals surface area (Å²) in [6, 6.07) is 0. The lowest BCUT2D eigenvalue weighted by Gasteiger charge is -2.62. The molecule has 0 spiro atoms. The van der Waals surface area contributed by atoms with Gasteiger partial charge in [0, 0.05) is 13.0 Å². The number of nitrogens with one attached hydrogen (secondary N) is 1. The summed E-state index contributed by atoms with van der Waals surface area (Å²) in [5.74, 6) is 2.10. The van der Waals surface area contributed by atoms with Crippen molar-refractivity contribution in [2.45, 2.75) is 97.2 Å². The number of hydrogen-bond acceptors (Lipinski definition) is 5. The van der Waals surface area contributed by atoms with E-state index in [0.29, 0.717) is 41.9 Å². The third kappa shape index (κ3) is 4.94. The van der Waals surface area contributed by atoms with E-state index in [-0.39, 0.29) is 35.5 Å². The van der Waals surface area contributed by atoms with Crippen LogP contribution in [-0.4, -0.2) is 53.6 Å². The summed E-state index contributed by atoms with van der Waals surface area (Å²) in [5, 5.41) is 24.2. The number of aliphatic hydroxyl groups excluding tert-OH is 2. The zero-order valence-corrected chi connectivity index (χ0v) is 21.9. The van der Waals surface area contributed by atoms with Crippen molar-refractivity contribution in [2.75, 3.05) is 12.3 Å². The number of aliphatic hydroxyl groups is 2. The average molecular weight is 500 g/mol. The first-order chi connectivity index (χ1) is 15.8. The highest BCUT2D eigenvalue weighted by Gasteiger charge is 2.62. The molecule has 0 aromatic carbocycles. The highest BCUT2D eigenvalue weighted by Crippen LogP contribution is 2.68. The van der Waals surface area contributed by atoms with Gasteiger partial charge in [-0.3, -0.25) is 9.35 Å². The molecule has 8 heteroatoms. The third-order valence-corrected chi connectivity index (χ3v) is 11.6. The van der Waals surface area contributed by atoms with Gasteiger partial charge in [-0.05, 0) is 104 Å². The summed E-state index contributed by atoms with van der Waals surface area (Å²) in [4.78, 5) is 12.2. The number of carbonyl (C=O) groups excluding carboxylic acids is 1. The molecule has 0 unspecified atom stereocenters. The number of fused-ring (bicyclic) bond motifs is 5. The average Bonchev–Trinajstić information content (AvgIpc) is 3.09. The smallest absolute Gasteiger partial charge is 0.266 e. The Bertz CT molecular complexity index is 863. The van der Waals surface area contributed by atoms with Gasteiger partial charge in [-0.15, -0.1) is 0 Å². The van der Waals surface area contributed by atoms with Crippen LogP contribution in [0, 0.1) is 46.3 Å². The Balaban J connectivity index is 1.39. The fourth-order valence-electron chi connectivity index (χ4n) is 9.14. The summed E-state index contributed by atoms with van der Waals surface area (Å²) in [6.45, 7) is 7.05. The van der Waals surface area contributed by atoms with Gasteiger partial charge < -0.3 is 15.5 Å². The lowest BCUT2D eigenvalue weighted by atomic mass is 9.43. The second-order valence-electron chi connectivity index (χ2n) is 12.6. The minimum absolute atomic E-state index is 0.0625. The van der Waals surface area contributed by atoms with Gasteiger partial charge in [-0.2, -0.15) is 8.42 Å². The van der Waals surface area contributed by atoms with E-state index in [2.05, 4.69) is 26.1 Å². The number of rotatable bonds is 7. The normalized spacial score (nSPS) is 45.1. The predicted octanol–water partition coefficient (Wildman–Crippen LogP) is 3.40. The molecule has 0 aliphatic heterocycles. The summed E-state index contributed by atoms with van der Waals surface area (Å²) < 4.78 is 30.5. The monoisotopic (exact) mass is 499 g/mol. The SMILES string of the molecule is C[C@H](CCC(=O)NCCS(=O)(=O)O)[C@@H]1CC[C@@H]2[C@H]3[C@H](O)C[C@H]4C[C@@H](O)CC[C@]4(C)[C@@H]3CC[C@@]21C. The largest absolute Gasteiger partial charge is 0.393 e. The molecule has 196 valence electrons. The Morgan fingerprint density at radius 3 is 2.41 bits per heavy atom. The zero-order valence-electron chi connectivity index (χ0n) is 21.1. The molecule has 34 heavy (non-hydrogen) atoms. The van der Waals surface area contributed by atoms with E-state index in [1.54, 1.807) is 0 Å². The molecular formula is C26H45NO6S. The fraction of sp³-hybridized carbons (Fsp3) is 0.962. The van der Waals surface area contributed by atoms with Crippen LogP contribution in [-0.2, 0) is 14.9 Å². The molecule has 4 aliphatic carbocycles. The third-order valence-electron chi connectivity index (χ3n) is 10.9. The maximum atomic E-state index is 12.2. The van der Waals surface area contributed by atoms with E-state index < -0.39 is 15.9 Å². The van der Waals surface area contributed by atoms with Crippen molar-refractivity contribution in [1.82, 2.24) is 5.32 Å². The molecule has 0 aromatic rings. The van der Waals surface area contributed by atoms with Crippen LogP contribution in [0.1, 0.15) is 85.0 Å². The van der Waals surface area contributed by atoms with Crippen molar-refractivity contribution in [3.8, 4) is 0 Å². The Kier molecular flexibility index (Phi) is 7.47. The van der Waals surface area contributed by atoms with Gasteiger partial charge >= 0.3 is 0 Å². The van der Waals surface area contributed by atoms with Crippen molar-refractivity contribution in [1.29, 1.82) is 0 Å². The van der Waals surface area contributed by atoms with Crippen molar-refractivity contribution in [2.24, 2.45) is 46.3 Å². The molecule has 4 rings (SSSR count). The van der Waals surface area contributed by atoms with Gasteiger partial charge in [0.05, 0.1) is 18.0 Å². The van der Waals surface area contributed by atoms with Crippen LogP contribution in [0.3, 0.4) is 0 Å². The molecule has 0 radical (unpaired) electrons. The molecule has 0 bridgehead atoms. The van der Waals surface area contributed by atoms with E-state index in [1.807, 2.05) is 0 Å². The predicted molar refractivity (Wildman–Crippen MR) is 130 cm³/mol. The molecule has 4 saturated carbocycles. The molecule has 0 heterocycles. The van der Waals surface area contributed by atoms with Gasteiger partial charge in [-0.1, -0.05) is 20.8 Å². The maximum absolute atomic E-state index is 12.2. The summed E-state index contributed by atoms with van der Waals surface area (Å²) >= 11 is 0. The second kappa shape index (κ2) is 9.64. The minimum Gasteiger partial charge on any atom is -0.393 e. The molecule has 4 fully saturated rings. The quantitative estimate of drug-likeness (QED) is 0.398. The molecule has 10 atom stereocenters. The van der Waals surface area contributed by atoms with Gasteiger partial charge in [0.1, 0.15) is 0 Å². The number of carbonyl (C=O) groups is 1. The van der Waals surface area contributed by atoms with Crippen LogP contribution in [0.2, 0.25) is 0 Å². The second-order valence-corrected chi connectivity index (χ2v) is 14.2. The minimum atomic E-state index is -4.06. The van der Waals surface area contributed by atoms with Crippen molar-refractivity contribution in [3.05, 3.63) is 0 Å². The highest BCUT2D eigenvalue weighted by molar-refractivity contribution is 7.85. The summed E-state index contributed by atoms with van der Waals surface area (Å²) in [5.41, 5.74) is 0.411. The van der Waals surface area contributed by atoms with Crippen LogP contribution < -0.4 is 5.32 Å². The van der Waals surface area contributed by atoms with Gasteiger partial charge in [0.2, 0.25) is 5.91 Å². The van der Waals surface area contributed by atoms with Crippen LogP contribution in [0.15, 0.2) is 0 Å². The Labute approximate surface area is 205 Å². The Hall–Kier alpha value is -0.700.